The fourth-order valence-corrected chi connectivity index (χ4v) is 3.90. The summed E-state index contributed by atoms with van der Waals surface area (Å²) in [4.78, 5) is 1.39. The van der Waals surface area contributed by atoms with Crippen LogP contribution in [0.4, 0.5) is 0 Å². The molecule has 0 radical (unpaired) electrons. The standard InChI is InChI=1S/C15H17Br2NS/c1-3-18-14(9-15-13(17)6-7-19-15)11-4-5-12(16)10(2)8-11/h4-8,14,18H,3,9H2,1-2H3. The normalized spacial score (nSPS) is 12.6. The molecule has 1 unspecified atom stereocenters. The van der Waals surface area contributed by atoms with Crippen LogP contribution >= 0.6 is 43.2 Å². The average Bonchev–Trinajstić information content (AvgIpc) is 2.78. The number of thiophene rings is 1. The second kappa shape index (κ2) is 7.02. The molecule has 0 saturated carbocycles. The third kappa shape index (κ3) is 3.91. The number of rotatable bonds is 5. The second-order valence-electron chi connectivity index (χ2n) is 4.51. The Hall–Kier alpha value is -0.160. The van der Waals surface area contributed by atoms with Gasteiger partial charge in [-0.15, -0.1) is 11.3 Å². The summed E-state index contributed by atoms with van der Waals surface area (Å²) in [7, 11) is 0. The van der Waals surface area contributed by atoms with Gasteiger partial charge >= 0.3 is 0 Å². The second-order valence-corrected chi connectivity index (χ2v) is 7.22. The highest BCUT2D eigenvalue weighted by atomic mass is 79.9. The Morgan fingerprint density at radius 3 is 2.58 bits per heavy atom. The largest absolute Gasteiger partial charge is 0.310 e. The molecule has 4 heteroatoms. The lowest BCUT2D eigenvalue weighted by Crippen LogP contribution is -2.22. The van der Waals surface area contributed by atoms with Gasteiger partial charge in [-0.05, 0) is 58.0 Å². The summed E-state index contributed by atoms with van der Waals surface area (Å²) < 4.78 is 2.39. The molecule has 0 fully saturated rings. The van der Waals surface area contributed by atoms with E-state index in [0.29, 0.717) is 6.04 Å². The van der Waals surface area contributed by atoms with Crippen molar-refractivity contribution >= 4 is 43.2 Å². The SMILES string of the molecule is CCNC(Cc1sccc1Br)c1ccc(Br)c(C)c1. The number of likely N-dealkylation sites (N-methyl/N-ethyl adjacent to an activating group) is 1. The molecule has 0 bridgehead atoms. The molecular weight excluding hydrogens is 386 g/mol. The zero-order valence-corrected chi connectivity index (χ0v) is 15.0. The predicted molar refractivity (Wildman–Crippen MR) is 91.0 cm³/mol. The van der Waals surface area contributed by atoms with Gasteiger partial charge in [0.25, 0.3) is 0 Å². The van der Waals surface area contributed by atoms with E-state index in [1.807, 2.05) is 11.3 Å². The van der Waals surface area contributed by atoms with Crippen LogP contribution in [0.15, 0.2) is 38.6 Å². The Bertz CT molecular complexity index is 551. The molecule has 0 saturated heterocycles. The summed E-state index contributed by atoms with van der Waals surface area (Å²) in [6.45, 7) is 5.27. The zero-order chi connectivity index (χ0) is 13.8. The van der Waals surface area contributed by atoms with Gasteiger partial charge in [-0.1, -0.05) is 35.0 Å². The molecule has 0 aliphatic carbocycles. The van der Waals surface area contributed by atoms with Crippen LogP contribution in [0, 0.1) is 6.92 Å². The maximum Gasteiger partial charge on any atom is 0.0369 e. The van der Waals surface area contributed by atoms with E-state index < -0.39 is 0 Å². The molecule has 1 N–H and O–H groups in total. The number of hydrogen-bond donors (Lipinski definition) is 1. The van der Waals surface area contributed by atoms with Crippen molar-refractivity contribution in [3.8, 4) is 0 Å². The van der Waals surface area contributed by atoms with E-state index >= 15 is 0 Å². The lowest BCUT2D eigenvalue weighted by atomic mass is 10.0. The average molecular weight is 403 g/mol. The first-order chi connectivity index (χ1) is 9.11. The van der Waals surface area contributed by atoms with E-state index in [4.69, 9.17) is 0 Å². The van der Waals surface area contributed by atoms with Crippen LogP contribution in [0.2, 0.25) is 0 Å². The zero-order valence-electron chi connectivity index (χ0n) is 11.0. The van der Waals surface area contributed by atoms with Gasteiger partial charge in [-0.25, -0.2) is 0 Å². The molecule has 0 spiro atoms. The highest BCUT2D eigenvalue weighted by Crippen LogP contribution is 2.29. The molecule has 0 aliphatic heterocycles. The Morgan fingerprint density at radius 2 is 2.00 bits per heavy atom. The smallest absolute Gasteiger partial charge is 0.0369 e. The first kappa shape index (κ1) is 15.2. The van der Waals surface area contributed by atoms with E-state index in [1.165, 1.54) is 24.9 Å². The summed E-state index contributed by atoms with van der Waals surface area (Å²) >= 11 is 8.99. The van der Waals surface area contributed by atoms with Crippen molar-refractivity contribution in [3.63, 3.8) is 0 Å². The van der Waals surface area contributed by atoms with Gasteiger partial charge in [0.2, 0.25) is 0 Å². The molecule has 1 aromatic heterocycles. The molecular formula is C15H17Br2NS. The van der Waals surface area contributed by atoms with E-state index in [1.54, 1.807) is 0 Å². The Morgan fingerprint density at radius 1 is 1.21 bits per heavy atom. The molecule has 102 valence electrons. The number of nitrogens with one attached hydrogen (secondary N) is 1. The summed E-state index contributed by atoms with van der Waals surface area (Å²) in [5, 5.41) is 5.72. The minimum absolute atomic E-state index is 0.367. The Kier molecular flexibility index (Phi) is 5.63. The van der Waals surface area contributed by atoms with Crippen molar-refractivity contribution in [1.82, 2.24) is 5.32 Å². The Labute approximate surface area is 135 Å². The minimum atomic E-state index is 0.367. The monoisotopic (exact) mass is 401 g/mol. The van der Waals surface area contributed by atoms with Crippen LogP contribution in [0.25, 0.3) is 0 Å². The molecule has 2 rings (SSSR count). The van der Waals surface area contributed by atoms with Crippen molar-refractivity contribution in [2.24, 2.45) is 0 Å². The van der Waals surface area contributed by atoms with Crippen molar-refractivity contribution in [1.29, 1.82) is 0 Å². The Balaban J connectivity index is 2.24. The first-order valence-electron chi connectivity index (χ1n) is 6.33. The van der Waals surface area contributed by atoms with E-state index in [9.17, 15) is 0 Å². The van der Waals surface area contributed by atoms with E-state index in [0.717, 1.165) is 13.0 Å². The van der Waals surface area contributed by atoms with Crippen LogP contribution in [0.3, 0.4) is 0 Å². The van der Waals surface area contributed by atoms with Crippen LogP contribution in [0.5, 0.6) is 0 Å². The predicted octanol–water partition coefficient (Wildman–Crippen LogP) is 5.47. The fourth-order valence-electron chi connectivity index (χ4n) is 2.10. The summed E-state index contributed by atoms with van der Waals surface area (Å²) in [5.74, 6) is 0. The summed E-state index contributed by atoms with van der Waals surface area (Å²) in [6, 6.07) is 9.09. The number of hydrogen-bond acceptors (Lipinski definition) is 2. The topological polar surface area (TPSA) is 12.0 Å². The number of halogens is 2. The third-order valence-corrected chi connectivity index (χ3v) is 5.95. The van der Waals surface area contributed by atoms with Gasteiger partial charge in [0.05, 0.1) is 0 Å². The fraction of sp³-hybridized carbons (Fsp3) is 0.333. The highest BCUT2D eigenvalue weighted by Gasteiger charge is 2.14. The molecule has 0 aliphatic rings. The minimum Gasteiger partial charge on any atom is -0.310 e. The molecule has 1 nitrogen and oxygen atoms in total. The van der Waals surface area contributed by atoms with Crippen molar-refractivity contribution in [3.05, 3.63) is 54.6 Å². The molecule has 2 aromatic rings. The lowest BCUT2D eigenvalue weighted by Gasteiger charge is -2.19. The van der Waals surface area contributed by atoms with Gasteiger partial charge in [0.1, 0.15) is 0 Å². The van der Waals surface area contributed by atoms with E-state index in [-0.39, 0.29) is 0 Å². The lowest BCUT2D eigenvalue weighted by molar-refractivity contribution is 0.552. The van der Waals surface area contributed by atoms with Crippen molar-refractivity contribution in [2.75, 3.05) is 6.54 Å². The molecule has 1 aromatic carbocycles. The highest BCUT2D eigenvalue weighted by molar-refractivity contribution is 9.10. The van der Waals surface area contributed by atoms with Gasteiger partial charge in [0, 0.05) is 26.3 Å². The summed E-state index contributed by atoms with van der Waals surface area (Å²) in [6.07, 6.45) is 1.02. The first-order valence-corrected chi connectivity index (χ1v) is 8.79. The molecule has 1 atom stereocenters. The van der Waals surface area contributed by atoms with E-state index in [2.05, 4.69) is 80.7 Å². The maximum absolute atomic E-state index is 3.62. The van der Waals surface area contributed by atoms with Gasteiger partial charge in [-0.3, -0.25) is 0 Å². The third-order valence-electron chi connectivity index (χ3n) is 3.12. The molecule has 19 heavy (non-hydrogen) atoms. The van der Waals surface area contributed by atoms with Crippen molar-refractivity contribution in [2.45, 2.75) is 26.3 Å². The molecule has 1 heterocycles. The van der Waals surface area contributed by atoms with Gasteiger partial charge in [-0.2, -0.15) is 0 Å². The van der Waals surface area contributed by atoms with Gasteiger partial charge in [0.15, 0.2) is 0 Å². The van der Waals surface area contributed by atoms with Crippen LogP contribution in [0.1, 0.15) is 29.0 Å². The van der Waals surface area contributed by atoms with Crippen molar-refractivity contribution < 1.29 is 0 Å². The number of aryl methyl sites for hydroxylation is 1. The maximum atomic E-state index is 3.62. The van der Waals surface area contributed by atoms with Gasteiger partial charge < -0.3 is 5.32 Å². The summed E-state index contributed by atoms with van der Waals surface area (Å²) in [5.41, 5.74) is 2.63. The van der Waals surface area contributed by atoms with Crippen LogP contribution in [-0.2, 0) is 6.42 Å². The molecule has 0 amide bonds. The van der Waals surface area contributed by atoms with Crippen LogP contribution < -0.4 is 5.32 Å². The number of benzene rings is 1. The van der Waals surface area contributed by atoms with Crippen LogP contribution in [-0.4, -0.2) is 6.54 Å². The quantitative estimate of drug-likeness (QED) is 0.698.